The molecule has 1 saturated heterocycles. The minimum absolute atomic E-state index is 0.0766. The number of carboxylic acids is 1. The summed E-state index contributed by atoms with van der Waals surface area (Å²) in [6, 6.07) is -0.0766. The van der Waals surface area contributed by atoms with Crippen molar-refractivity contribution in [3.8, 4) is 12.3 Å². The van der Waals surface area contributed by atoms with Crippen LogP contribution in [-0.4, -0.2) is 53.1 Å². The van der Waals surface area contributed by atoms with E-state index in [1.807, 2.05) is 6.92 Å². The molecule has 0 atom stereocenters. The molecule has 1 aliphatic rings. The van der Waals surface area contributed by atoms with Gasteiger partial charge >= 0.3 is 12.0 Å². The van der Waals surface area contributed by atoms with E-state index in [4.69, 9.17) is 11.5 Å². The highest BCUT2D eigenvalue weighted by Gasteiger charge is 2.38. The van der Waals surface area contributed by atoms with E-state index in [9.17, 15) is 9.59 Å². The van der Waals surface area contributed by atoms with E-state index in [1.54, 1.807) is 16.7 Å². The van der Waals surface area contributed by atoms with Gasteiger partial charge in [-0.25, -0.2) is 4.79 Å². The molecule has 1 N–H and O–H groups in total. The molecule has 1 heterocycles. The molecule has 0 unspecified atom stereocenters. The number of amides is 2. The van der Waals surface area contributed by atoms with Gasteiger partial charge in [-0.2, -0.15) is 0 Å². The lowest BCUT2D eigenvalue weighted by Crippen LogP contribution is -2.50. The monoisotopic (exact) mass is 266 g/mol. The minimum Gasteiger partial charge on any atom is -0.481 e. The summed E-state index contributed by atoms with van der Waals surface area (Å²) in [5.74, 6) is 1.71. The third-order valence-electron chi connectivity index (χ3n) is 3.70. The number of carboxylic acid groups (broad SMARTS) is 1. The highest BCUT2D eigenvalue weighted by molar-refractivity contribution is 5.77. The van der Waals surface area contributed by atoms with Crippen LogP contribution in [-0.2, 0) is 4.79 Å². The average Bonchev–Trinajstić information content (AvgIpc) is 2.38. The zero-order chi connectivity index (χ0) is 14.5. The predicted molar refractivity (Wildman–Crippen MR) is 72.6 cm³/mol. The molecule has 0 aromatic carbocycles. The molecule has 1 rings (SSSR count). The van der Waals surface area contributed by atoms with E-state index < -0.39 is 11.4 Å². The van der Waals surface area contributed by atoms with Crippen LogP contribution in [0.1, 0.15) is 33.1 Å². The van der Waals surface area contributed by atoms with Crippen LogP contribution in [0.4, 0.5) is 4.79 Å². The fraction of sp³-hybridized carbons (Fsp3) is 0.714. The molecule has 0 aromatic rings. The fourth-order valence-corrected chi connectivity index (χ4v) is 2.23. The van der Waals surface area contributed by atoms with Crippen molar-refractivity contribution >= 4 is 12.0 Å². The first-order valence-corrected chi connectivity index (χ1v) is 6.65. The molecule has 0 aromatic heterocycles. The van der Waals surface area contributed by atoms with Crippen LogP contribution in [0, 0.1) is 17.8 Å². The number of carbonyl (C=O) groups excluding carboxylic acids is 1. The number of aliphatic carboxylic acids is 1. The lowest BCUT2D eigenvalue weighted by atomic mass is 9.80. The molecular weight excluding hydrogens is 244 g/mol. The maximum absolute atomic E-state index is 12.3. The molecule has 0 radical (unpaired) electrons. The van der Waals surface area contributed by atoms with Gasteiger partial charge in [-0.05, 0) is 26.2 Å². The second kappa shape index (κ2) is 6.46. The fourth-order valence-electron chi connectivity index (χ4n) is 2.23. The van der Waals surface area contributed by atoms with Crippen LogP contribution in [0.2, 0.25) is 0 Å². The first-order chi connectivity index (χ1) is 8.94. The SMILES string of the molecule is C#CCN(CCC)C(=O)N1CCC(C)(C(=O)O)CC1. The van der Waals surface area contributed by atoms with Gasteiger partial charge in [0.2, 0.25) is 0 Å². The number of hydrogen-bond donors (Lipinski definition) is 1. The standard InChI is InChI=1S/C14H22N2O3/c1-4-8-15(9-5-2)13(19)16-10-6-14(3,7-11-16)12(17)18/h1H,5-11H2,2-3H3,(H,17,18). The van der Waals surface area contributed by atoms with Gasteiger partial charge < -0.3 is 14.9 Å². The number of likely N-dealkylation sites (tertiary alicyclic amines) is 1. The Labute approximate surface area is 114 Å². The first-order valence-electron chi connectivity index (χ1n) is 6.65. The normalized spacial score (nSPS) is 17.6. The van der Waals surface area contributed by atoms with E-state index in [1.165, 1.54) is 0 Å². The van der Waals surface area contributed by atoms with E-state index in [-0.39, 0.29) is 6.03 Å². The molecule has 106 valence electrons. The van der Waals surface area contributed by atoms with Crippen LogP contribution < -0.4 is 0 Å². The Morgan fingerprint density at radius 1 is 1.42 bits per heavy atom. The lowest BCUT2D eigenvalue weighted by Gasteiger charge is -2.38. The Balaban J connectivity index is 2.61. The molecule has 5 nitrogen and oxygen atoms in total. The van der Waals surface area contributed by atoms with Gasteiger partial charge in [-0.3, -0.25) is 4.79 Å². The summed E-state index contributed by atoms with van der Waals surface area (Å²) in [5.41, 5.74) is -0.710. The van der Waals surface area contributed by atoms with Crippen LogP contribution in [0.3, 0.4) is 0 Å². The number of piperidine rings is 1. The molecular formula is C14H22N2O3. The third-order valence-corrected chi connectivity index (χ3v) is 3.70. The zero-order valence-corrected chi connectivity index (χ0v) is 11.7. The van der Waals surface area contributed by atoms with Gasteiger partial charge in [-0.1, -0.05) is 12.8 Å². The molecule has 5 heteroatoms. The van der Waals surface area contributed by atoms with Crippen LogP contribution >= 0.6 is 0 Å². The average molecular weight is 266 g/mol. The number of rotatable bonds is 4. The summed E-state index contributed by atoms with van der Waals surface area (Å²) in [5, 5.41) is 9.16. The van der Waals surface area contributed by atoms with E-state index in [0.717, 1.165) is 6.42 Å². The first kappa shape index (κ1) is 15.4. The summed E-state index contributed by atoms with van der Waals surface area (Å²) in [7, 11) is 0. The molecule has 1 aliphatic heterocycles. The Bertz CT molecular complexity index is 379. The maximum Gasteiger partial charge on any atom is 0.320 e. The number of terminal acetylenes is 1. The Morgan fingerprint density at radius 3 is 2.42 bits per heavy atom. The van der Waals surface area contributed by atoms with E-state index in [0.29, 0.717) is 39.0 Å². The van der Waals surface area contributed by atoms with Crippen LogP contribution in [0.15, 0.2) is 0 Å². The van der Waals surface area contributed by atoms with Gasteiger partial charge in [0.1, 0.15) is 0 Å². The van der Waals surface area contributed by atoms with Crippen molar-refractivity contribution in [2.24, 2.45) is 5.41 Å². The largest absolute Gasteiger partial charge is 0.481 e. The van der Waals surface area contributed by atoms with E-state index in [2.05, 4.69) is 5.92 Å². The van der Waals surface area contributed by atoms with Crippen molar-refractivity contribution in [1.82, 2.24) is 9.80 Å². The van der Waals surface area contributed by atoms with Crippen LogP contribution in [0.25, 0.3) is 0 Å². The molecule has 0 saturated carbocycles. The summed E-state index contributed by atoms with van der Waals surface area (Å²) >= 11 is 0. The summed E-state index contributed by atoms with van der Waals surface area (Å²) in [4.78, 5) is 26.8. The number of urea groups is 1. The van der Waals surface area contributed by atoms with Gasteiger partial charge in [-0.15, -0.1) is 6.42 Å². The van der Waals surface area contributed by atoms with Crippen molar-refractivity contribution in [2.75, 3.05) is 26.2 Å². The molecule has 0 bridgehead atoms. The molecule has 19 heavy (non-hydrogen) atoms. The lowest BCUT2D eigenvalue weighted by molar-refractivity contribution is -0.150. The second-order valence-corrected chi connectivity index (χ2v) is 5.26. The highest BCUT2D eigenvalue weighted by atomic mass is 16.4. The molecule has 0 spiro atoms. The van der Waals surface area contributed by atoms with Crippen molar-refractivity contribution in [3.05, 3.63) is 0 Å². The topological polar surface area (TPSA) is 60.9 Å². The summed E-state index contributed by atoms with van der Waals surface area (Å²) in [6.45, 7) is 5.63. The Hall–Kier alpha value is -1.70. The molecule has 2 amide bonds. The molecule has 0 aliphatic carbocycles. The van der Waals surface area contributed by atoms with Gasteiger partial charge in [0.15, 0.2) is 0 Å². The number of carbonyl (C=O) groups is 2. The van der Waals surface area contributed by atoms with Gasteiger partial charge in [0.05, 0.1) is 12.0 Å². The predicted octanol–water partition coefficient (Wildman–Crippen LogP) is 1.64. The Kier molecular flexibility index (Phi) is 5.22. The zero-order valence-electron chi connectivity index (χ0n) is 11.7. The quantitative estimate of drug-likeness (QED) is 0.787. The van der Waals surface area contributed by atoms with Crippen molar-refractivity contribution in [1.29, 1.82) is 0 Å². The van der Waals surface area contributed by atoms with Crippen molar-refractivity contribution in [3.63, 3.8) is 0 Å². The minimum atomic E-state index is -0.784. The number of nitrogens with zero attached hydrogens (tertiary/aromatic N) is 2. The van der Waals surface area contributed by atoms with Gasteiger partial charge in [0.25, 0.3) is 0 Å². The van der Waals surface area contributed by atoms with E-state index >= 15 is 0 Å². The molecule has 1 fully saturated rings. The summed E-state index contributed by atoms with van der Waals surface area (Å²) < 4.78 is 0. The third kappa shape index (κ3) is 3.63. The van der Waals surface area contributed by atoms with Crippen molar-refractivity contribution < 1.29 is 14.7 Å². The second-order valence-electron chi connectivity index (χ2n) is 5.26. The van der Waals surface area contributed by atoms with Gasteiger partial charge in [0, 0.05) is 19.6 Å². The Morgan fingerprint density at radius 2 is 2.00 bits per heavy atom. The smallest absolute Gasteiger partial charge is 0.320 e. The number of hydrogen-bond acceptors (Lipinski definition) is 2. The summed E-state index contributed by atoms with van der Waals surface area (Å²) in [6.07, 6.45) is 7.11. The van der Waals surface area contributed by atoms with Crippen molar-refractivity contribution in [2.45, 2.75) is 33.1 Å². The maximum atomic E-state index is 12.3. The van der Waals surface area contributed by atoms with Crippen LogP contribution in [0.5, 0.6) is 0 Å². The highest BCUT2D eigenvalue weighted by Crippen LogP contribution is 2.31.